The number of anilines is 2. The summed E-state index contributed by atoms with van der Waals surface area (Å²) in [4.78, 5) is 12.9. The first-order chi connectivity index (χ1) is 13.8. The molecule has 0 amide bonds. The van der Waals surface area contributed by atoms with Gasteiger partial charge in [-0.3, -0.25) is 4.40 Å². The lowest BCUT2D eigenvalue weighted by Gasteiger charge is -2.12. The van der Waals surface area contributed by atoms with E-state index in [4.69, 9.17) is 4.74 Å². The van der Waals surface area contributed by atoms with Gasteiger partial charge in [-0.25, -0.2) is 15.0 Å². The topological polar surface area (TPSA) is 90.1 Å². The molecule has 0 unspecified atom stereocenters. The molecule has 28 heavy (non-hydrogen) atoms. The number of nitrogens with zero attached hydrogens (tertiary/aromatic N) is 6. The fourth-order valence-corrected chi connectivity index (χ4v) is 2.96. The van der Waals surface area contributed by atoms with Gasteiger partial charge in [0.1, 0.15) is 30.5 Å². The Morgan fingerprint density at radius 3 is 2.82 bits per heavy atom. The molecule has 0 fully saturated rings. The first-order valence-corrected chi connectivity index (χ1v) is 8.67. The third-order valence-electron chi connectivity index (χ3n) is 4.36. The molecule has 0 bridgehead atoms. The van der Waals surface area contributed by atoms with Crippen molar-refractivity contribution < 1.29 is 4.74 Å². The van der Waals surface area contributed by atoms with E-state index in [1.807, 2.05) is 49.4 Å². The Labute approximate surface area is 159 Å². The van der Waals surface area contributed by atoms with Gasteiger partial charge in [-0.05, 0) is 42.8 Å². The predicted molar refractivity (Wildman–Crippen MR) is 105 cm³/mol. The predicted octanol–water partition coefficient (Wildman–Crippen LogP) is 3.91. The summed E-state index contributed by atoms with van der Waals surface area (Å²) in [5.41, 5.74) is 3.45. The number of aryl methyl sites for hydroxylation is 1. The van der Waals surface area contributed by atoms with Crippen molar-refractivity contribution >= 4 is 28.1 Å². The van der Waals surface area contributed by atoms with E-state index in [9.17, 15) is 0 Å². The third kappa shape index (κ3) is 2.96. The van der Waals surface area contributed by atoms with Gasteiger partial charge in [-0.2, -0.15) is 0 Å². The normalized spacial score (nSPS) is 11.0. The Hall–Kier alpha value is -4.07. The van der Waals surface area contributed by atoms with Crippen LogP contribution in [0.25, 0.3) is 16.6 Å². The molecule has 3 aromatic heterocycles. The molecule has 0 aliphatic heterocycles. The van der Waals surface area contributed by atoms with E-state index >= 15 is 0 Å². The van der Waals surface area contributed by atoms with Crippen molar-refractivity contribution in [2.24, 2.45) is 0 Å². The van der Waals surface area contributed by atoms with Crippen molar-refractivity contribution in [3.05, 3.63) is 73.1 Å². The van der Waals surface area contributed by atoms with Crippen molar-refractivity contribution in [1.82, 2.24) is 29.5 Å². The van der Waals surface area contributed by atoms with Crippen LogP contribution in [-0.4, -0.2) is 29.5 Å². The highest BCUT2D eigenvalue weighted by molar-refractivity contribution is 5.90. The number of benzene rings is 2. The maximum Gasteiger partial charge on any atom is 0.224 e. The highest BCUT2D eigenvalue weighted by Crippen LogP contribution is 2.29. The zero-order chi connectivity index (χ0) is 18.9. The molecular weight excluding hydrogens is 354 g/mol. The highest BCUT2D eigenvalue weighted by Gasteiger charge is 2.08. The van der Waals surface area contributed by atoms with Gasteiger partial charge in [0.05, 0.1) is 5.52 Å². The van der Waals surface area contributed by atoms with E-state index in [0.29, 0.717) is 11.5 Å². The van der Waals surface area contributed by atoms with Gasteiger partial charge in [0.25, 0.3) is 0 Å². The van der Waals surface area contributed by atoms with Crippen molar-refractivity contribution in [1.29, 1.82) is 0 Å². The number of nitrogens with one attached hydrogen (secondary N) is 1. The number of ether oxygens (including phenoxy) is 1. The smallest absolute Gasteiger partial charge is 0.224 e. The fourth-order valence-electron chi connectivity index (χ4n) is 2.96. The standard InChI is InChI=1S/C20H15N7O/c1-13-8-14(25-20-15-4-2-3-5-16(15)21-10-22-20)6-7-17(13)28-19-9-18-26-24-12-27(18)11-23-19/h2-12H,1H3,(H,21,22,25). The molecule has 5 aromatic rings. The summed E-state index contributed by atoms with van der Waals surface area (Å²) in [6, 6.07) is 15.5. The lowest BCUT2D eigenvalue weighted by molar-refractivity contribution is 0.458. The molecule has 0 saturated heterocycles. The molecule has 0 aliphatic rings. The molecule has 0 atom stereocenters. The summed E-state index contributed by atoms with van der Waals surface area (Å²) in [6.07, 6.45) is 4.77. The lowest BCUT2D eigenvalue weighted by Crippen LogP contribution is -1.97. The van der Waals surface area contributed by atoms with Crippen LogP contribution in [0.1, 0.15) is 5.56 Å². The van der Waals surface area contributed by atoms with Gasteiger partial charge >= 0.3 is 0 Å². The number of hydrogen-bond donors (Lipinski definition) is 1. The molecule has 0 saturated carbocycles. The van der Waals surface area contributed by atoms with E-state index < -0.39 is 0 Å². The summed E-state index contributed by atoms with van der Waals surface area (Å²) < 4.78 is 7.64. The van der Waals surface area contributed by atoms with Crippen LogP contribution in [0.2, 0.25) is 0 Å². The Morgan fingerprint density at radius 2 is 1.89 bits per heavy atom. The fraction of sp³-hybridized carbons (Fsp3) is 0.0500. The van der Waals surface area contributed by atoms with Gasteiger partial charge in [0.2, 0.25) is 5.88 Å². The van der Waals surface area contributed by atoms with Crippen molar-refractivity contribution in [3.63, 3.8) is 0 Å². The molecule has 0 spiro atoms. The molecule has 0 aliphatic carbocycles. The largest absolute Gasteiger partial charge is 0.439 e. The second kappa shape index (κ2) is 6.58. The lowest BCUT2D eigenvalue weighted by atomic mass is 10.2. The number of rotatable bonds is 4. The Kier molecular flexibility index (Phi) is 3.79. The SMILES string of the molecule is Cc1cc(Nc2ncnc3ccccc23)ccc1Oc1cc2nncn2cn1. The zero-order valence-corrected chi connectivity index (χ0v) is 14.9. The van der Waals surface area contributed by atoms with Crippen molar-refractivity contribution in [2.75, 3.05) is 5.32 Å². The summed E-state index contributed by atoms with van der Waals surface area (Å²) in [5, 5.41) is 12.2. The third-order valence-corrected chi connectivity index (χ3v) is 4.36. The van der Waals surface area contributed by atoms with Crippen LogP contribution in [0.15, 0.2) is 67.5 Å². The second-order valence-electron chi connectivity index (χ2n) is 6.27. The van der Waals surface area contributed by atoms with E-state index in [-0.39, 0.29) is 0 Å². The van der Waals surface area contributed by atoms with Gasteiger partial charge in [0, 0.05) is 17.1 Å². The molecule has 136 valence electrons. The molecule has 8 heteroatoms. The number of para-hydroxylation sites is 1. The van der Waals surface area contributed by atoms with E-state index in [0.717, 1.165) is 33.7 Å². The minimum atomic E-state index is 0.464. The van der Waals surface area contributed by atoms with Crippen LogP contribution in [0.5, 0.6) is 11.6 Å². The Balaban J connectivity index is 1.41. The van der Waals surface area contributed by atoms with E-state index in [1.165, 1.54) is 0 Å². The van der Waals surface area contributed by atoms with Gasteiger partial charge in [0.15, 0.2) is 5.65 Å². The first-order valence-electron chi connectivity index (χ1n) is 8.67. The monoisotopic (exact) mass is 369 g/mol. The average molecular weight is 369 g/mol. The molecular formula is C20H15N7O. The van der Waals surface area contributed by atoms with Crippen LogP contribution in [0.3, 0.4) is 0 Å². The Morgan fingerprint density at radius 1 is 0.964 bits per heavy atom. The van der Waals surface area contributed by atoms with Crippen LogP contribution < -0.4 is 10.1 Å². The number of hydrogen-bond acceptors (Lipinski definition) is 7. The molecule has 1 N–H and O–H groups in total. The molecule has 2 aromatic carbocycles. The molecule has 0 radical (unpaired) electrons. The van der Waals surface area contributed by atoms with Crippen LogP contribution in [0.4, 0.5) is 11.5 Å². The van der Waals surface area contributed by atoms with Gasteiger partial charge < -0.3 is 10.1 Å². The summed E-state index contributed by atoms with van der Waals surface area (Å²) in [7, 11) is 0. The van der Waals surface area contributed by atoms with E-state index in [1.54, 1.807) is 29.4 Å². The summed E-state index contributed by atoms with van der Waals surface area (Å²) in [5.74, 6) is 1.94. The summed E-state index contributed by atoms with van der Waals surface area (Å²) >= 11 is 0. The molecule has 5 rings (SSSR count). The maximum absolute atomic E-state index is 5.92. The number of fused-ring (bicyclic) bond motifs is 2. The van der Waals surface area contributed by atoms with Crippen molar-refractivity contribution in [2.45, 2.75) is 6.92 Å². The quantitative estimate of drug-likeness (QED) is 0.513. The zero-order valence-electron chi connectivity index (χ0n) is 14.9. The van der Waals surface area contributed by atoms with Crippen LogP contribution in [-0.2, 0) is 0 Å². The minimum Gasteiger partial charge on any atom is -0.439 e. The minimum absolute atomic E-state index is 0.464. The maximum atomic E-state index is 5.92. The van der Waals surface area contributed by atoms with Crippen LogP contribution >= 0.6 is 0 Å². The molecule has 8 nitrogen and oxygen atoms in total. The average Bonchev–Trinajstić information content (AvgIpc) is 3.18. The van der Waals surface area contributed by atoms with E-state index in [2.05, 4.69) is 30.5 Å². The van der Waals surface area contributed by atoms with Gasteiger partial charge in [-0.15, -0.1) is 10.2 Å². The Bertz CT molecular complexity index is 1290. The first kappa shape index (κ1) is 16.1. The number of aromatic nitrogens is 6. The van der Waals surface area contributed by atoms with Crippen molar-refractivity contribution in [3.8, 4) is 11.6 Å². The van der Waals surface area contributed by atoms with Gasteiger partial charge in [-0.1, -0.05) is 12.1 Å². The van der Waals surface area contributed by atoms with Crippen LogP contribution in [0, 0.1) is 6.92 Å². The second-order valence-corrected chi connectivity index (χ2v) is 6.27. The summed E-state index contributed by atoms with van der Waals surface area (Å²) in [6.45, 7) is 1.98. The highest BCUT2D eigenvalue weighted by atomic mass is 16.5. The molecule has 3 heterocycles.